The minimum Gasteiger partial charge on any atom is -0.510 e. The number of allylic oxidation sites excluding steroid dienone is 1. The number of ether oxygens (including phenoxy) is 2. The van der Waals surface area contributed by atoms with Gasteiger partial charge in [0.25, 0.3) is 5.91 Å². The van der Waals surface area contributed by atoms with Crippen molar-refractivity contribution in [3.8, 4) is 0 Å². The van der Waals surface area contributed by atoms with Crippen molar-refractivity contribution < 1.29 is 42.2 Å². The third-order valence-corrected chi connectivity index (χ3v) is 11.9. The highest BCUT2D eigenvalue weighted by Crippen LogP contribution is 2.41. The maximum absolute atomic E-state index is 14.1. The lowest BCUT2D eigenvalue weighted by Gasteiger charge is -2.46. The first kappa shape index (κ1) is 39.6. The minimum atomic E-state index is -4.24. The highest BCUT2D eigenvalue weighted by Gasteiger charge is 2.55. The van der Waals surface area contributed by atoms with Crippen LogP contribution in [0.15, 0.2) is 132 Å². The van der Waals surface area contributed by atoms with Gasteiger partial charge in [-0.2, -0.15) is 0 Å². The number of esters is 1. The Balaban J connectivity index is 1.50. The fourth-order valence-corrected chi connectivity index (χ4v) is 9.07. The van der Waals surface area contributed by atoms with Gasteiger partial charge in [-0.05, 0) is 63.4 Å². The number of β-lactam (4-membered cyclic amide) rings is 1. The number of nitrogens with zero attached hydrogens (tertiary/aromatic N) is 1. The van der Waals surface area contributed by atoms with E-state index in [1.54, 1.807) is 131 Å². The van der Waals surface area contributed by atoms with Crippen LogP contribution < -0.4 is 10.6 Å². The average Bonchev–Trinajstić information content (AvgIpc) is 3.13. The van der Waals surface area contributed by atoms with Gasteiger partial charge in [0.05, 0.1) is 4.90 Å². The first-order valence-corrected chi connectivity index (χ1v) is 19.8. The van der Waals surface area contributed by atoms with E-state index in [2.05, 4.69) is 10.6 Å². The largest absolute Gasteiger partial charge is 0.510 e. The molecular weight excluding hydrogens is 731 g/mol. The molecule has 4 aromatic rings. The molecule has 1 aliphatic rings. The van der Waals surface area contributed by atoms with Gasteiger partial charge in [0.15, 0.2) is 11.8 Å². The summed E-state index contributed by atoms with van der Waals surface area (Å²) in [5.74, 6) is -3.49. The predicted molar refractivity (Wildman–Crippen MR) is 203 cm³/mol. The molecule has 3 atom stereocenters. The van der Waals surface area contributed by atoms with Crippen molar-refractivity contribution in [3.05, 3.63) is 149 Å². The highest BCUT2D eigenvalue weighted by atomic mass is 33.1. The summed E-state index contributed by atoms with van der Waals surface area (Å²) in [7, 11) is -3.93. The highest BCUT2D eigenvalue weighted by molar-refractivity contribution is 8.72. The monoisotopic (exact) mass is 771 g/mol. The molecule has 0 spiro atoms. The number of aliphatic hydroxyl groups excluding tert-OH is 1. The lowest BCUT2D eigenvalue weighted by molar-refractivity contribution is -0.155. The minimum absolute atomic E-state index is 0.0849. The quantitative estimate of drug-likeness (QED) is 0.0478. The molecule has 282 valence electrons. The van der Waals surface area contributed by atoms with Gasteiger partial charge >= 0.3 is 12.1 Å². The van der Waals surface area contributed by atoms with E-state index in [-0.39, 0.29) is 4.90 Å². The van der Waals surface area contributed by atoms with E-state index < -0.39 is 73.4 Å². The number of carbonyl (C=O) groups excluding carboxylic acids is 4. The van der Waals surface area contributed by atoms with Gasteiger partial charge in [-0.25, -0.2) is 18.0 Å². The predicted octanol–water partition coefficient (Wildman–Crippen LogP) is 6.46. The Morgan fingerprint density at radius 1 is 0.815 bits per heavy atom. The number of aryl methyl sites for hydroxylation is 1. The summed E-state index contributed by atoms with van der Waals surface area (Å²) in [4.78, 5) is 55.6. The first-order chi connectivity index (χ1) is 25.6. The van der Waals surface area contributed by atoms with Gasteiger partial charge in [0, 0.05) is 10.8 Å². The normalized spacial score (nSPS) is 16.8. The van der Waals surface area contributed by atoms with Crippen molar-refractivity contribution in [2.24, 2.45) is 0 Å². The summed E-state index contributed by atoms with van der Waals surface area (Å²) in [6.07, 6.45) is -1.87. The van der Waals surface area contributed by atoms with Crippen LogP contribution in [0.5, 0.6) is 0 Å². The van der Waals surface area contributed by atoms with Gasteiger partial charge in [-0.1, -0.05) is 109 Å². The zero-order chi connectivity index (χ0) is 39.2. The molecule has 1 fully saturated rings. The van der Waals surface area contributed by atoms with E-state index in [4.69, 9.17) is 9.47 Å². The van der Waals surface area contributed by atoms with Crippen molar-refractivity contribution in [2.75, 3.05) is 0 Å². The molecule has 12 nitrogen and oxygen atoms in total. The summed E-state index contributed by atoms with van der Waals surface area (Å²) >= 11 is 0. The van der Waals surface area contributed by atoms with E-state index in [1.165, 1.54) is 19.1 Å². The number of alkyl carbamates (subject to hydrolysis) is 1. The molecule has 1 aliphatic heterocycles. The first-order valence-electron chi connectivity index (χ1n) is 16.9. The summed E-state index contributed by atoms with van der Waals surface area (Å²) in [5.41, 5.74) is 0.866. The molecule has 5 rings (SSSR count). The van der Waals surface area contributed by atoms with Crippen LogP contribution in [0, 0.1) is 6.92 Å². The fourth-order valence-electron chi connectivity index (χ4n) is 5.60. The zero-order valence-corrected chi connectivity index (χ0v) is 31.9. The third-order valence-electron chi connectivity index (χ3n) is 8.14. The molecule has 0 radical (unpaired) electrons. The van der Waals surface area contributed by atoms with Crippen LogP contribution in [-0.2, 0) is 32.7 Å². The van der Waals surface area contributed by atoms with E-state index in [9.17, 15) is 32.7 Å². The molecular formula is C40H41N3O9S2. The van der Waals surface area contributed by atoms with Crippen LogP contribution in [0.4, 0.5) is 4.79 Å². The van der Waals surface area contributed by atoms with Crippen LogP contribution in [-0.4, -0.2) is 59.3 Å². The Hall–Kier alpha value is -5.60. The van der Waals surface area contributed by atoms with Gasteiger partial charge in [0.2, 0.25) is 14.8 Å². The molecule has 14 heteroatoms. The van der Waals surface area contributed by atoms with E-state index in [0.29, 0.717) is 27.5 Å². The summed E-state index contributed by atoms with van der Waals surface area (Å²) in [6, 6.07) is 29.0. The smallest absolute Gasteiger partial charge is 0.408 e. The van der Waals surface area contributed by atoms with Crippen molar-refractivity contribution >= 4 is 43.5 Å². The molecule has 0 aromatic heterocycles. The molecule has 3 N–H and O–H groups in total. The summed E-state index contributed by atoms with van der Waals surface area (Å²) in [5, 5.41) is 14.6. The summed E-state index contributed by atoms with van der Waals surface area (Å²) in [6.45, 7) is 7.93. The van der Waals surface area contributed by atoms with Crippen LogP contribution in [0.1, 0.15) is 62.1 Å². The van der Waals surface area contributed by atoms with Gasteiger partial charge in [-0.15, -0.1) is 0 Å². The molecule has 1 saturated heterocycles. The average molecular weight is 772 g/mol. The summed E-state index contributed by atoms with van der Waals surface area (Å²) < 4.78 is 39.0. The molecule has 1 heterocycles. The lowest BCUT2D eigenvalue weighted by Crippen LogP contribution is -2.70. The number of aliphatic hydroxyl groups is 1. The number of nitrogens with one attached hydrogen (secondary N) is 2. The SMILES string of the molecule is C/C(O)=C(/C(=O)OC(c1ccccc1)c1ccccc1)N1C(=O)C(NC(=O)C(NC(=O)OC(C)(C)C)c2ccccc2)C1SS(=O)(=O)c1ccc(C)cc1. The van der Waals surface area contributed by atoms with Crippen LogP contribution in [0.3, 0.4) is 0 Å². The van der Waals surface area contributed by atoms with Gasteiger partial charge in [-0.3, -0.25) is 14.5 Å². The van der Waals surface area contributed by atoms with E-state index >= 15 is 0 Å². The third kappa shape index (κ3) is 9.49. The maximum Gasteiger partial charge on any atom is 0.408 e. The standard InChI is InChI=1S/C40H41N3O9S2/c1-25-21-23-30(24-22-25)54(49,50)53-37-32(41-35(45)31(27-15-9-6-10-16-27)42-39(48)52-40(3,4)5)36(46)43(37)33(26(2)44)38(47)51-34(28-17-11-7-12-18-28)29-19-13-8-14-20-29/h6-24,31-32,34,37,44H,1-5H3,(H,41,45)(H,42,48)/b33-26+. The second-order valence-corrected chi connectivity index (χ2v) is 17.4. The molecule has 3 unspecified atom stereocenters. The Labute approximate surface area is 317 Å². The molecule has 0 saturated carbocycles. The lowest BCUT2D eigenvalue weighted by atomic mass is 10.0. The fraction of sp³-hybridized carbons (Fsp3) is 0.250. The number of benzene rings is 4. The second kappa shape index (κ2) is 16.6. The molecule has 4 aromatic carbocycles. The number of rotatable bonds is 12. The van der Waals surface area contributed by atoms with E-state index in [1.807, 2.05) is 0 Å². The van der Waals surface area contributed by atoms with Crippen LogP contribution in [0.2, 0.25) is 0 Å². The molecule has 54 heavy (non-hydrogen) atoms. The van der Waals surface area contributed by atoms with Crippen molar-refractivity contribution in [3.63, 3.8) is 0 Å². The van der Waals surface area contributed by atoms with Gasteiger partial charge in [0.1, 0.15) is 28.8 Å². The Morgan fingerprint density at radius 3 is 1.80 bits per heavy atom. The molecule has 0 bridgehead atoms. The molecule has 3 amide bonds. The number of hydrogen-bond donors (Lipinski definition) is 3. The van der Waals surface area contributed by atoms with Gasteiger partial charge < -0.3 is 25.2 Å². The Bertz CT molecular complexity index is 2080. The number of carbonyl (C=O) groups is 4. The number of amides is 3. The second-order valence-electron chi connectivity index (χ2n) is 13.5. The molecule has 0 aliphatic carbocycles. The van der Waals surface area contributed by atoms with Crippen LogP contribution in [0.25, 0.3) is 0 Å². The topological polar surface area (TPSA) is 168 Å². The van der Waals surface area contributed by atoms with Crippen molar-refractivity contribution in [1.29, 1.82) is 0 Å². The Morgan fingerprint density at radius 2 is 1.31 bits per heavy atom. The zero-order valence-electron chi connectivity index (χ0n) is 30.3. The van der Waals surface area contributed by atoms with E-state index in [0.717, 1.165) is 10.5 Å². The van der Waals surface area contributed by atoms with Crippen molar-refractivity contribution in [1.82, 2.24) is 15.5 Å². The van der Waals surface area contributed by atoms with Crippen LogP contribution >= 0.6 is 10.8 Å². The number of likely N-dealkylation sites (tertiary alicyclic amines) is 1. The Kier molecular flexibility index (Phi) is 12.2. The number of hydrogen-bond acceptors (Lipinski definition) is 10. The maximum atomic E-state index is 14.1. The van der Waals surface area contributed by atoms with Crippen molar-refractivity contribution in [2.45, 2.75) is 68.7 Å².